The summed E-state index contributed by atoms with van der Waals surface area (Å²) in [6, 6.07) is 12.5. The summed E-state index contributed by atoms with van der Waals surface area (Å²) >= 11 is 0. The minimum Gasteiger partial charge on any atom is -0.494 e. The Balaban J connectivity index is 1.55. The van der Waals surface area contributed by atoms with Crippen molar-refractivity contribution in [3.63, 3.8) is 0 Å². The van der Waals surface area contributed by atoms with Gasteiger partial charge in [-0.3, -0.25) is 4.79 Å². The first-order valence-electron chi connectivity index (χ1n) is 9.86. The van der Waals surface area contributed by atoms with E-state index < -0.39 is 5.82 Å². The van der Waals surface area contributed by atoms with Gasteiger partial charge in [-0.25, -0.2) is 4.39 Å². The van der Waals surface area contributed by atoms with Crippen molar-refractivity contribution in [2.24, 2.45) is 0 Å². The molecular weight excluding hydrogens is 373 g/mol. The first-order valence-corrected chi connectivity index (χ1v) is 9.86. The van der Waals surface area contributed by atoms with E-state index in [0.717, 1.165) is 48.1 Å². The summed E-state index contributed by atoms with van der Waals surface area (Å²) in [4.78, 5) is 15.9. The lowest BCUT2D eigenvalue weighted by Crippen LogP contribution is -3.12. The first kappa shape index (κ1) is 21.1. The van der Waals surface area contributed by atoms with Crippen molar-refractivity contribution in [2.45, 2.75) is 19.5 Å². The van der Waals surface area contributed by atoms with Crippen molar-refractivity contribution in [1.82, 2.24) is 0 Å². The summed E-state index contributed by atoms with van der Waals surface area (Å²) in [5, 5.41) is 2.97. The number of likely N-dealkylation sites (N-methyl/N-ethyl adjacent to an activating group) is 1. The van der Waals surface area contributed by atoms with Crippen LogP contribution in [0.2, 0.25) is 0 Å². The number of benzene rings is 2. The highest BCUT2D eigenvalue weighted by Crippen LogP contribution is 2.19. The largest absolute Gasteiger partial charge is 0.494 e. The summed E-state index contributed by atoms with van der Waals surface area (Å²) in [7, 11) is 3.36. The third kappa shape index (κ3) is 5.46. The zero-order valence-corrected chi connectivity index (χ0v) is 17.2. The molecule has 29 heavy (non-hydrogen) atoms. The summed E-state index contributed by atoms with van der Waals surface area (Å²) in [6.45, 7) is 5.64. The van der Waals surface area contributed by atoms with Crippen LogP contribution in [0, 0.1) is 5.82 Å². The number of morpholine rings is 1. The normalized spacial score (nSPS) is 16.2. The van der Waals surface area contributed by atoms with Gasteiger partial charge in [-0.05, 0) is 49.4 Å². The summed E-state index contributed by atoms with van der Waals surface area (Å²) in [6.07, 6.45) is 0. The van der Waals surface area contributed by atoms with E-state index in [1.54, 1.807) is 6.07 Å². The Morgan fingerprint density at radius 2 is 1.93 bits per heavy atom. The number of amides is 1. The first-order chi connectivity index (χ1) is 14.0. The molecular formula is C22H29FN3O3+. The fourth-order valence-corrected chi connectivity index (χ4v) is 3.35. The number of rotatable bonds is 7. The molecule has 2 aromatic rings. The Bertz CT molecular complexity index is 823. The van der Waals surface area contributed by atoms with Gasteiger partial charge >= 0.3 is 0 Å². The number of hydrogen-bond acceptors (Lipinski definition) is 4. The van der Waals surface area contributed by atoms with Crippen LogP contribution in [-0.2, 0) is 16.1 Å². The van der Waals surface area contributed by atoms with Crippen LogP contribution in [0.1, 0.15) is 12.5 Å². The molecule has 2 atom stereocenters. The predicted octanol–water partition coefficient (Wildman–Crippen LogP) is 1.71. The molecule has 156 valence electrons. The Hall–Kier alpha value is -2.64. The zero-order valence-electron chi connectivity index (χ0n) is 17.2. The lowest BCUT2D eigenvalue weighted by Gasteiger charge is -2.29. The van der Waals surface area contributed by atoms with E-state index in [1.807, 2.05) is 44.3 Å². The summed E-state index contributed by atoms with van der Waals surface area (Å²) in [5.74, 6) is -0.247. The van der Waals surface area contributed by atoms with Crippen LogP contribution in [-0.4, -0.2) is 52.4 Å². The van der Waals surface area contributed by atoms with Crippen LogP contribution in [0.5, 0.6) is 5.75 Å². The fourth-order valence-electron chi connectivity index (χ4n) is 3.35. The van der Waals surface area contributed by atoms with E-state index in [1.165, 1.54) is 13.2 Å². The molecule has 0 aliphatic carbocycles. The number of anilines is 2. The highest BCUT2D eigenvalue weighted by molar-refractivity contribution is 5.93. The molecule has 0 bridgehead atoms. The molecule has 0 spiro atoms. The Kier molecular flexibility index (Phi) is 7.06. The molecule has 0 aromatic heterocycles. The fraction of sp³-hybridized carbons (Fsp3) is 0.409. The number of quaternary nitrogens is 1. The minimum absolute atomic E-state index is 0.0735. The van der Waals surface area contributed by atoms with Crippen molar-refractivity contribution < 1.29 is 23.6 Å². The van der Waals surface area contributed by atoms with Crippen molar-refractivity contribution in [2.75, 3.05) is 50.7 Å². The molecule has 1 amide bonds. The Morgan fingerprint density at radius 3 is 2.55 bits per heavy atom. The number of halogens is 1. The zero-order chi connectivity index (χ0) is 20.8. The number of nitrogens with zero attached hydrogens (tertiary/aromatic N) is 1. The molecule has 1 aliphatic rings. The van der Waals surface area contributed by atoms with Gasteiger partial charge in [0.25, 0.3) is 5.91 Å². The topological polar surface area (TPSA) is 55.2 Å². The average Bonchev–Trinajstić information content (AvgIpc) is 2.74. The number of methoxy groups -OCH3 is 1. The molecule has 6 nitrogen and oxygen atoms in total. The van der Waals surface area contributed by atoms with Crippen molar-refractivity contribution in [3.8, 4) is 5.75 Å². The third-order valence-corrected chi connectivity index (χ3v) is 5.34. The number of carbonyl (C=O) groups is 1. The van der Waals surface area contributed by atoms with Gasteiger partial charge in [-0.15, -0.1) is 0 Å². The van der Waals surface area contributed by atoms with Crippen LogP contribution >= 0.6 is 0 Å². The minimum atomic E-state index is -0.393. The number of ether oxygens (including phenoxy) is 2. The van der Waals surface area contributed by atoms with Gasteiger partial charge in [-0.2, -0.15) is 0 Å². The third-order valence-electron chi connectivity index (χ3n) is 5.34. The van der Waals surface area contributed by atoms with Crippen LogP contribution in [0.3, 0.4) is 0 Å². The van der Waals surface area contributed by atoms with Crippen molar-refractivity contribution >= 4 is 17.3 Å². The van der Waals surface area contributed by atoms with Crippen LogP contribution < -0.4 is 19.9 Å². The Morgan fingerprint density at radius 1 is 1.24 bits per heavy atom. The number of hydrogen-bond donors (Lipinski definition) is 2. The molecule has 7 heteroatoms. The molecule has 1 aliphatic heterocycles. The Labute approximate surface area is 171 Å². The second-order valence-corrected chi connectivity index (χ2v) is 7.35. The maximum absolute atomic E-state index is 13.9. The average molecular weight is 402 g/mol. The standard InChI is InChI=1S/C22H28FN3O3/c1-16(25(2)15-17-4-9-21(28-3)20(23)14-17)22(27)24-18-5-7-19(8-6-18)26-10-12-29-13-11-26/h4-9,14,16H,10-13,15H2,1-3H3,(H,24,27)/p+1/t16-/m0/s1. The van der Waals surface area contributed by atoms with Gasteiger partial charge in [0.2, 0.25) is 0 Å². The number of nitrogens with one attached hydrogen (secondary N) is 2. The highest BCUT2D eigenvalue weighted by Gasteiger charge is 2.22. The van der Waals surface area contributed by atoms with Gasteiger partial charge in [-0.1, -0.05) is 0 Å². The maximum atomic E-state index is 13.9. The number of carbonyl (C=O) groups excluding carboxylic acids is 1. The molecule has 2 N–H and O–H groups in total. The molecule has 1 unspecified atom stereocenters. The van der Waals surface area contributed by atoms with E-state index in [-0.39, 0.29) is 17.7 Å². The molecule has 0 saturated carbocycles. The second-order valence-electron chi connectivity index (χ2n) is 7.35. The van der Waals surface area contributed by atoms with Gasteiger partial charge in [0.15, 0.2) is 17.6 Å². The smallest absolute Gasteiger partial charge is 0.282 e. The molecule has 2 aromatic carbocycles. The molecule has 1 saturated heterocycles. The highest BCUT2D eigenvalue weighted by atomic mass is 19.1. The predicted molar refractivity (Wildman–Crippen MR) is 111 cm³/mol. The molecule has 1 fully saturated rings. The second kappa shape index (κ2) is 9.71. The van der Waals surface area contributed by atoms with E-state index in [2.05, 4.69) is 10.2 Å². The van der Waals surface area contributed by atoms with Crippen molar-refractivity contribution in [3.05, 3.63) is 53.8 Å². The quantitative estimate of drug-likeness (QED) is 0.741. The van der Waals surface area contributed by atoms with Gasteiger partial charge in [0, 0.05) is 30.0 Å². The molecule has 0 radical (unpaired) electrons. The maximum Gasteiger partial charge on any atom is 0.282 e. The van der Waals surface area contributed by atoms with E-state index in [0.29, 0.717) is 6.54 Å². The van der Waals surface area contributed by atoms with Gasteiger partial charge in [0.05, 0.1) is 27.4 Å². The summed E-state index contributed by atoms with van der Waals surface area (Å²) in [5.41, 5.74) is 2.71. The lowest BCUT2D eigenvalue weighted by molar-refractivity contribution is -0.907. The van der Waals surface area contributed by atoms with Gasteiger partial charge in [0.1, 0.15) is 6.54 Å². The lowest BCUT2D eigenvalue weighted by atomic mass is 10.1. The molecule has 1 heterocycles. The SMILES string of the molecule is COc1ccc(C[NH+](C)[C@@H](C)C(=O)Nc2ccc(N3CCOCC3)cc2)cc1F. The monoisotopic (exact) mass is 402 g/mol. The van der Waals surface area contributed by atoms with Crippen LogP contribution in [0.4, 0.5) is 15.8 Å². The van der Waals surface area contributed by atoms with E-state index in [9.17, 15) is 9.18 Å². The van der Waals surface area contributed by atoms with Crippen LogP contribution in [0.25, 0.3) is 0 Å². The van der Waals surface area contributed by atoms with Crippen LogP contribution in [0.15, 0.2) is 42.5 Å². The van der Waals surface area contributed by atoms with E-state index in [4.69, 9.17) is 9.47 Å². The van der Waals surface area contributed by atoms with Crippen molar-refractivity contribution in [1.29, 1.82) is 0 Å². The van der Waals surface area contributed by atoms with Gasteiger partial charge < -0.3 is 24.6 Å². The summed E-state index contributed by atoms with van der Waals surface area (Å²) < 4.78 is 24.2. The van der Waals surface area contributed by atoms with E-state index >= 15 is 0 Å². The molecule has 3 rings (SSSR count).